The van der Waals surface area contributed by atoms with Gasteiger partial charge in [0, 0.05) is 11.6 Å². The lowest BCUT2D eigenvalue weighted by Crippen LogP contribution is -2.71. The van der Waals surface area contributed by atoms with Gasteiger partial charge in [0.05, 0.1) is 35.2 Å². The van der Waals surface area contributed by atoms with Gasteiger partial charge >= 0.3 is 6.09 Å². The second kappa shape index (κ2) is 12.0. The van der Waals surface area contributed by atoms with Crippen LogP contribution in [0, 0.1) is 20.2 Å². The van der Waals surface area contributed by atoms with Gasteiger partial charge in [-0.05, 0) is 51.0 Å². The van der Waals surface area contributed by atoms with Crippen LogP contribution in [0.3, 0.4) is 0 Å². The third kappa shape index (κ3) is 6.41. The largest absolute Gasteiger partial charge is 0.443 e. The number of carbonyl (C=O) groups excluding carboxylic acids is 2. The van der Waals surface area contributed by atoms with E-state index in [9.17, 15) is 29.8 Å². The Balaban J connectivity index is 2.43. The van der Waals surface area contributed by atoms with E-state index in [1.165, 1.54) is 12.2 Å². The Morgan fingerprint density at radius 2 is 1.75 bits per heavy atom. The first-order chi connectivity index (χ1) is 20.1. The Morgan fingerprint density at radius 1 is 1.14 bits per heavy atom. The SMILES string of the molecule is C=CCON1[C@@H]2C(C(N)=O)=C[C@@H](CO[Si](C)(C)C(C)(C)C)N(C(=O)OC(C)(C)C)C2=S1(=O)c1ccc([N+](=O)[O-])cc1[N+](=O)[O-]. The van der Waals surface area contributed by atoms with Crippen molar-refractivity contribution in [1.29, 1.82) is 0 Å². The quantitative estimate of drug-likeness (QED) is 0.126. The molecule has 0 radical (unpaired) electrons. The molecule has 1 aromatic carbocycles. The summed E-state index contributed by atoms with van der Waals surface area (Å²) < 4.78 is 28.1. The highest BCUT2D eigenvalue weighted by Crippen LogP contribution is 2.44. The van der Waals surface area contributed by atoms with Gasteiger partial charge in [-0.1, -0.05) is 31.3 Å². The fourth-order valence-corrected chi connectivity index (χ4v) is 8.20. The second-order valence-corrected chi connectivity index (χ2v) is 19.9. The van der Waals surface area contributed by atoms with Crippen LogP contribution in [0.15, 0.2) is 47.4 Å². The molecule has 0 saturated carbocycles. The number of non-ortho nitro benzene ring substituents is 1. The first kappa shape index (κ1) is 34.8. The molecule has 3 atom stereocenters. The summed E-state index contributed by atoms with van der Waals surface area (Å²) in [5.41, 5.74) is 3.20. The minimum atomic E-state index is -4.08. The number of nitro groups is 2. The number of hydroxylamine groups is 1. The number of hydrogen-bond acceptors (Lipinski definition) is 10. The van der Waals surface area contributed by atoms with Crippen LogP contribution in [0.1, 0.15) is 41.5 Å². The first-order valence-electron chi connectivity index (χ1n) is 13.6. The van der Waals surface area contributed by atoms with Crippen molar-refractivity contribution in [3.63, 3.8) is 0 Å². The lowest BCUT2D eigenvalue weighted by molar-refractivity contribution is -0.396. The van der Waals surface area contributed by atoms with Gasteiger partial charge in [-0.3, -0.25) is 34.8 Å². The molecule has 1 aromatic rings. The number of nitrogens with zero attached hydrogens (tertiary/aromatic N) is 4. The zero-order valence-electron chi connectivity index (χ0n) is 26.0. The van der Waals surface area contributed by atoms with Crippen LogP contribution in [0.4, 0.5) is 16.2 Å². The van der Waals surface area contributed by atoms with E-state index in [0.717, 1.165) is 21.5 Å². The predicted octanol–water partition coefficient (Wildman–Crippen LogP) is 4.05. The van der Waals surface area contributed by atoms with Crippen molar-refractivity contribution in [2.75, 3.05) is 13.2 Å². The molecule has 44 heavy (non-hydrogen) atoms. The van der Waals surface area contributed by atoms with Crippen molar-refractivity contribution in [3.05, 3.63) is 62.7 Å². The molecule has 0 aromatic heterocycles. The molecule has 15 nitrogen and oxygen atoms in total. The van der Waals surface area contributed by atoms with Crippen molar-refractivity contribution in [2.45, 2.75) is 82.3 Å². The molecule has 17 heteroatoms. The molecule has 0 aliphatic carbocycles. The highest BCUT2D eigenvalue weighted by Gasteiger charge is 2.59. The van der Waals surface area contributed by atoms with E-state index < -0.39 is 73.8 Å². The second-order valence-electron chi connectivity index (χ2n) is 12.8. The molecule has 3 rings (SSSR count). The fraction of sp³-hybridized carbons (Fsp3) is 0.519. The standard InChI is InChI=1S/C27H39N5O10SSi/c1-10-13-40-32-22-19(23(28)33)14-18(16-41-44(8,9)27(5,6)7)29(25(34)42-26(2,3)4)24(22)43(32,39)21-12-11-17(30(35)36)15-20(21)31(37)38/h10-12,14-15,18,22H,1,13,16H2,2-9H3,(H2,28,33)/t18-,22+,43?/m0/s1. The Kier molecular flexibility index (Phi) is 9.53. The van der Waals surface area contributed by atoms with Crippen LogP contribution in [0.5, 0.6) is 0 Å². The number of fused-ring (bicyclic) bond motifs is 1. The Morgan fingerprint density at radius 3 is 2.23 bits per heavy atom. The van der Waals surface area contributed by atoms with E-state index in [2.05, 4.69) is 6.58 Å². The van der Waals surface area contributed by atoms with Gasteiger partial charge in [-0.2, -0.15) is 0 Å². The van der Waals surface area contributed by atoms with Gasteiger partial charge in [-0.25, -0.2) is 9.00 Å². The van der Waals surface area contributed by atoms with Crippen molar-refractivity contribution >= 4 is 46.4 Å². The smallest absolute Gasteiger partial charge is 0.415 e. The van der Waals surface area contributed by atoms with Gasteiger partial charge < -0.3 is 14.9 Å². The lowest BCUT2D eigenvalue weighted by Gasteiger charge is -2.52. The monoisotopic (exact) mass is 653 g/mol. The molecule has 0 fully saturated rings. The number of ether oxygens (including phenoxy) is 1. The average molecular weight is 654 g/mol. The Bertz CT molecular complexity index is 1550. The van der Waals surface area contributed by atoms with Crippen molar-refractivity contribution in [1.82, 2.24) is 9.37 Å². The van der Waals surface area contributed by atoms with E-state index in [4.69, 9.17) is 19.7 Å². The van der Waals surface area contributed by atoms with Crippen LogP contribution in [-0.2, 0) is 28.5 Å². The molecule has 0 saturated heterocycles. The third-order valence-electron chi connectivity index (χ3n) is 7.48. The van der Waals surface area contributed by atoms with Crippen LogP contribution in [0.25, 0.3) is 0 Å². The number of nitrogens with two attached hydrogens (primary N) is 1. The van der Waals surface area contributed by atoms with E-state index in [1.807, 2.05) is 33.9 Å². The molecule has 2 aliphatic heterocycles. The van der Waals surface area contributed by atoms with Crippen LogP contribution >= 0.6 is 0 Å². The number of rotatable bonds is 10. The van der Waals surface area contributed by atoms with Crippen LogP contribution in [-0.4, -0.2) is 79.6 Å². The molecule has 2 aliphatic rings. The first-order valence-corrected chi connectivity index (χ1v) is 18.1. The average Bonchev–Trinajstić information content (AvgIpc) is 2.88. The minimum absolute atomic E-state index is 0.0868. The number of amides is 2. The van der Waals surface area contributed by atoms with E-state index in [0.29, 0.717) is 6.07 Å². The molecule has 2 amide bonds. The van der Waals surface area contributed by atoms with E-state index >= 15 is 4.21 Å². The molecular weight excluding hydrogens is 614 g/mol. The van der Waals surface area contributed by atoms with Gasteiger partial charge in [0.15, 0.2) is 8.32 Å². The third-order valence-corrected chi connectivity index (χ3v) is 14.7. The van der Waals surface area contributed by atoms with Crippen molar-refractivity contribution in [3.8, 4) is 0 Å². The maximum Gasteiger partial charge on any atom is 0.415 e. The number of benzene rings is 1. The maximum absolute atomic E-state index is 15.2. The molecular formula is C27H39N5O10SSi. The van der Waals surface area contributed by atoms with Crippen molar-refractivity contribution in [2.24, 2.45) is 5.73 Å². The van der Waals surface area contributed by atoms with Crippen LogP contribution < -0.4 is 5.73 Å². The van der Waals surface area contributed by atoms with Gasteiger partial charge in [0.1, 0.15) is 31.2 Å². The van der Waals surface area contributed by atoms with Crippen molar-refractivity contribution < 1.29 is 37.6 Å². The highest BCUT2D eigenvalue weighted by molar-refractivity contribution is 8.02. The molecule has 0 bridgehead atoms. The molecule has 0 spiro atoms. The Hall–Kier alpha value is -3.64. The van der Waals surface area contributed by atoms with Gasteiger partial charge in [0.2, 0.25) is 5.91 Å². The molecule has 2 heterocycles. The Labute approximate surface area is 257 Å². The lowest BCUT2D eigenvalue weighted by atomic mass is 9.97. The minimum Gasteiger partial charge on any atom is -0.443 e. The summed E-state index contributed by atoms with van der Waals surface area (Å²) in [6.45, 7) is 18.1. The summed E-state index contributed by atoms with van der Waals surface area (Å²) in [6, 6.07) is 0.227. The zero-order chi connectivity index (χ0) is 33.6. The molecule has 1 unspecified atom stereocenters. The molecule has 2 N–H and O–H groups in total. The summed E-state index contributed by atoms with van der Waals surface area (Å²) in [4.78, 5) is 54.6. The van der Waals surface area contributed by atoms with Gasteiger partial charge in [0.25, 0.3) is 11.4 Å². The topological polar surface area (TPSA) is 198 Å². The highest BCUT2D eigenvalue weighted by atomic mass is 32.2. The number of carbonyl (C=O) groups is 2. The predicted molar refractivity (Wildman–Crippen MR) is 165 cm³/mol. The summed E-state index contributed by atoms with van der Waals surface area (Å²) in [5.74, 6) is -0.916. The zero-order valence-corrected chi connectivity index (χ0v) is 27.8. The molecule has 242 valence electrons. The number of primary amides is 1. The van der Waals surface area contributed by atoms with Gasteiger partial charge in [-0.15, -0.1) is 6.58 Å². The number of hydrogen-bond donors (Lipinski definition) is 1. The van der Waals surface area contributed by atoms with E-state index in [1.54, 1.807) is 20.8 Å². The summed E-state index contributed by atoms with van der Waals surface area (Å²) in [7, 11) is -6.53. The summed E-state index contributed by atoms with van der Waals surface area (Å²) in [6.07, 6.45) is 1.78. The van der Waals surface area contributed by atoms with E-state index in [-0.39, 0.29) is 28.8 Å². The number of nitro benzene ring substituents is 2. The maximum atomic E-state index is 15.2. The summed E-state index contributed by atoms with van der Waals surface area (Å²) in [5, 5.41) is 23.4. The fourth-order valence-electron chi connectivity index (χ4n) is 4.35. The van der Waals surface area contributed by atoms with Crippen LogP contribution in [0.2, 0.25) is 18.1 Å². The normalized spacial score (nSPS) is 22.4. The summed E-state index contributed by atoms with van der Waals surface area (Å²) >= 11 is 0.